The summed E-state index contributed by atoms with van der Waals surface area (Å²) in [5.74, 6) is 1.47. The van der Waals surface area contributed by atoms with E-state index >= 15 is 0 Å². The van der Waals surface area contributed by atoms with Crippen molar-refractivity contribution in [2.45, 2.75) is 33.6 Å². The summed E-state index contributed by atoms with van der Waals surface area (Å²) in [6, 6.07) is 19.3. The quantitative estimate of drug-likeness (QED) is 0.405. The zero-order valence-corrected chi connectivity index (χ0v) is 18.2. The van der Waals surface area contributed by atoms with Crippen molar-refractivity contribution in [3.8, 4) is 17.2 Å². The maximum atomic E-state index is 12.2. The Kier molecular flexibility index (Phi) is 5.76. The number of nitrogens with one attached hydrogen (secondary N) is 1. The minimum absolute atomic E-state index is 0.0480. The van der Waals surface area contributed by atoms with Crippen molar-refractivity contribution >= 4 is 22.7 Å². The van der Waals surface area contributed by atoms with Gasteiger partial charge in [0.2, 0.25) is 5.89 Å². The number of anilines is 1. The van der Waals surface area contributed by atoms with Crippen molar-refractivity contribution in [1.29, 1.82) is 0 Å². The molecular weight excluding hydrogens is 388 g/mol. The number of rotatable bonds is 6. The Morgan fingerprint density at radius 2 is 1.77 bits per heavy atom. The van der Waals surface area contributed by atoms with E-state index in [0.717, 1.165) is 22.2 Å². The summed E-state index contributed by atoms with van der Waals surface area (Å²) >= 11 is 0. The Bertz CT molecular complexity index is 1220. The fourth-order valence-corrected chi connectivity index (χ4v) is 3.27. The lowest BCUT2D eigenvalue weighted by Gasteiger charge is -2.09. The van der Waals surface area contributed by atoms with Crippen LogP contribution < -0.4 is 10.1 Å². The number of oxazole rings is 1. The second-order valence-corrected chi connectivity index (χ2v) is 8.06. The molecule has 0 aliphatic rings. The van der Waals surface area contributed by atoms with Gasteiger partial charge in [0.05, 0.1) is 0 Å². The SMILES string of the molecule is Cc1ccc(OCC(=O)Nc2ccc(-c3nc4cc(C(C)C)ccc4o3)cc2)cc1C. The minimum atomic E-state index is -0.214. The predicted molar refractivity (Wildman–Crippen MR) is 124 cm³/mol. The minimum Gasteiger partial charge on any atom is -0.484 e. The number of aryl methyl sites for hydroxylation is 2. The lowest BCUT2D eigenvalue weighted by molar-refractivity contribution is -0.118. The third-order valence-corrected chi connectivity index (χ3v) is 5.34. The molecule has 5 nitrogen and oxygen atoms in total. The highest BCUT2D eigenvalue weighted by Gasteiger charge is 2.11. The van der Waals surface area contributed by atoms with Crippen LogP contribution in [0.25, 0.3) is 22.6 Å². The molecule has 1 heterocycles. The van der Waals surface area contributed by atoms with Gasteiger partial charge in [0.25, 0.3) is 5.91 Å². The Hall–Kier alpha value is -3.60. The van der Waals surface area contributed by atoms with Gasteiger partial charge in [0.1, 0.15) is 11.3 Å². The Balaban J connectivity index is 1.40. The van der Waals surface area contributed by atoms with E-state index in [1.165, 1.54) is 11.1 Å². The van der Waals surface area contributed by atoms with Crippen molar-refractivity contribution in [1.82, 2.24) is 4.98 Å². The van der Waals surface area contributed by atoms with Crippen LogP contribution in [0.4, 0.5) is 5.69 Å². The number of carbonyl (C=O) groups is 1. The number of hydrogen-bond donors (Lipinski definition) is 1. The first-order valence-corrected chi connectivity index (χ1v) is 10.4. The van der Waals surface area contributed by atoms with Gasteiger partial charge in [-0.2, -0.15) is 0 Å². The zero-order chi connectivity index (χ0) is 22.0. The second-order valence-electron chi connectivity index (χ2n) is 8.06. The van der Waals surface area contributed by atoms with E-state index in [9.17, 15) is 4.79 Å². The fraction of sp³-hybridized carbons (Fsp3) is 0.231. The third-order valence-electron chi connectivity index (χ3n) is 5.34. The van der Waals surface area contributed by atoms with Gasteiger partial charge in [-0.05, 0) is 85.0 Å². The molecule has 0 atom stereocenters. The van der Waals surface area contributed by atoms with Gasteiger partial charge in [-0.15, -0.1) is 0 Å². The number of ether oxygens (including phenoxy) is 1. The van der Waals surface area contributed by atoms with Gasteiger partial charge < -0.3 is 14.5 Å². The van der Waals surface area contributed by atoms with E-state index in [-0.39, 0.29) is 12.5 Å². The maximum Gasteiger partial charge on any atom is 0.262 e. The summed E-state index contributed by atoms with van der Waals surface area (Å²) in [5, 5.41) is 2.85. The van der Waals surface area contributed by atoms with E-state index < -0.39 is 0 Å². The number of nitrogens with zero attached hydrogens (tertiary/aromatic N) is 1. The van der Waals surface area contributed by atoms with Crippen LogP contribution in [0.1, 0.15) is 36.5 Å². The number of hydrogen-bond acceptors (Lipinski definition) is 4. The molecule has 0 unspecified atom stereocenters. The van der Waals surface area contributed by atoms with Crippen LogP contribution in [0, 0.1) is 13.8 Å². The molecule has 0 aliphatic carbocycles. The Morgan fingerprint density at radius 1 is 1.00 bits per heavy atom. The summed E-state index contributed by atoms with van der Waals surface area (Å²) in [4.78, 5) is 16.8. The van der Waals surface area contributed by atoms with Gasteiger partial charge in [-0.3, -0.25) is 4.79 Å². The first kappa shape index (κ1) is 20.7. The third kappa shape index (κ3) is 4.77. The number of carbonyl (C=O) groups excluding carboxylic acids is 1. The smallest absolute Gasteiger partial charge is 0.262 e. The van der Waals surface area contributed by atoms with Crippen molar-refractivity contribution < 1.29 is 13.9 Å². The van der Waals surface area contributed by atoms with Crippen molar-refractivity contribution in [3.05, 3.63) is 77.4 Å². The molecule has 0 aliphatic heterocycles. The van der Waals surface area contributed by atoms with Crippen molar-refractivity contribution in [3.63, 3.8) is 0 Å². The average Bonchev–Trinajstić information content (AvgIpc) is 3.18. The van der Waals surface area contributed by atoms with E-state index in [1.807, 2.05) is 62.4 Å². The molecule has 4 aromatic rings. The lowest BCUT2D eigenvalue weighted by Crippen LogP contribution is -2.20. The van der Waals surface area contributed by atoms with Crippen LogP contribution in [-0.4, -0.2) is 17.5 Å². The second kappa shape index (κ2) is 8.64. The molecule has 0 spiro atoms. The molecule has 1 amide bonds. The molecule has 0 saturated carbocycles. The number of aromatic nitrogens is 1. The summed E-state index contributed by atoms with van der Waals surface area (Å²) in [5.41, 5.74) is 6.71. The summed E-state index contributed by atoms with van der Waals surface area (Å²) in [7, 11) is 0. The topological polar surface area (TPSA) is 64.4 Å². The van der Waals surface area contributed by atoms with E-state index in [4.69, 9.17) is 9.15 Å². The molecule has 158 valence electrons. The van der Waals surface area contributed by atoms with Crippen LogP contribution in [-0.2, 0) is 4.79 Å². The Labute approximate surface area is 182 Å². The molecule has 0 fully saturated rings. The molecule has 0 bridgehead atoms. The first-order chi connectivity index (χ1) is 14.9. The summed E-state index contributed by atoms with van der Waals surface area (Å²) in [6.45, 7) is 8.32. The van der Waals surface area contributed by atoms with E-state index in [1.54, 1.807) is 0 Å². The Morgan fingerprint density at radius 3 is 2.48 bits per heavy atom. The monoisotopic (exact) mass is 414 g/mol. The zero-order valence-electron chi connectivity index (χ0n) is 18.2. The first-order valence-electron chi connectivity index (χ1n) is 10.4. The van der Waals surface area contributed by atoms with Gasteiger partial charge >= 0.3 is 0 Å². The van der Waals surface area contributed by atoms with Gasteiger partial charge in [-0.1, -0.05) is 26.0 Å². The number of benzene rings is 3. The molecule has 1 aromatic heterocycles. The van der Waals surface area contributed by atoms with Crippen molar-refractivity contribution in [2.75, 3.05) is 11.9 Å². The number of amides is 1. The highest BCUT2D eigenvalue weighted by atomic mass is 16.5. The molecule has 1 N–H and O–H groups in total. The van der Waals surface area contributed by atoms with E-state index in [0.29, 0.717) is 23.2 Å². The summed E-state index contributed by atoms with van der Waals surface area (Å²) in [6.07, 6.45) is 0. The van der Waals surface area contributed by atoms with E-state index in [2.05, 4.69) is 36.3 Å². The molecule has 5 heteroatoms. The molecule has 4 rings (SSSR count). The molecular formula is C26H26N2O3. The number of fused-ring (bicyclic) bond motifs is 1. The average molecular weight is 415 g/mol. The predicted octanol–water partition coefficient (Wildman–Crippen LogP) is 6.25. The largest absolute Gasteiger partial charge is 0.484 e. The lowest BCUT2D eigenvalue weighted by atomic mass is 10.0. The standard InChI is InChI=1S/C26H26N2O3/c1-16(2)20-8-12-24-23(14-20)28-26(31-24)19-6-9-21(10-7-19)27-25(29)15-30-22-11-5-17(3)18(4)13-22/h5-14,16H,15H2,1-4H3,(H,27,29). The summed E-state index contributed by atoms with van der Waals surface area (Å²) < 4.78 is 11.5. The van der Waals surface area contributed by atoms with Crippen LogP contribution in [0.15, 0.2) is 65.1 Å². The van der Waals surface area contributed by atoms with Crippen molar-refractivity contribution in [2.24, 2.45) is 0 Å². The van der Waals surface area contributed by atoms with Crippen LogP contribution in [0.2, 0.25) is 0 Å². The molecule has 3 aromatic carbocycles. The molecule has 0 saturated heterocycles. The van der Waals surface area contributed by atoms with Crippen LogP contribution >= 0.6 is 0 Å². The highest BCUT2D eigenvalue weighted by Crippen LogP contribution is 2.27. The fourth-order valence-electron chi connectivity index (χ4n) is 3.27. The van der Waals surface area contributed by atoms with Gasteiger partial charge in [0, 0.05) is 11.3 Å². The van der Waals surface area contributed by atoms with Crippen LogP contribution in [0.5, 0.6) is 5.75 Å². The maximum absolute atomic E-state index is 12.2. The molecule has 0 radical (unpaired) electrons. The van der Waals surface area contributed by atoms with Crippen LogP contribution in [0.3, 0.4) is 0 Å². The van der Waals surface area contributed by atoms with Gasteiger partial charge in [0.15, 0.2) is 12.2 Å². The molecule has 31 heavy (non-hydrogen) atoms. The normalized spacial score (nSPS) is 11.1. The van der Waals surface area contributed by atoms with Gasteiger partial charge in [-0.25, -0.2) is 4.98 Å². The highest BCUT2D eigenvalue weighted by molar-refractivity contribution is 5.92.